The summed E-state index contributed by atoms with van der Waals surface area (Å²) in [7, 11) is 2.07. The molecule has 0 aromatic heterocycles. The van der Waals surface area contributed by atoms with E-state index in [1.807, 2.05) is 12.1 Å². The standard InChI is InChI=1S/C17H20BrClN2/c1-11-6-12(2)8-14(7-11)21(3)17(10-20)13-4-5-15(18)16(19)9-13/h4-9,17H,10,20H2,1-3H3. The van der Waals surface area contributed by atoms with Crippen molar-refractivity contribution in [3.63, 3.8) is 0 Å². The van der Waals surface area contributed by atoms with Gasteiger partial charge in [-0.1, -0.05) is 23.7 Å². The summed E-state index contributed by atoms with van der Waals surface area (Å²) in [6.07, 6.45) is 0. The molecule has 112 valence electrons. The van der Waals surface area contributed by atoms with Crippen LogP contribution < -0.4 is 10.6 Å². The molecule has 1 atom stereocenters. The molecule has 0 radical (unpaired) electrons. The minimum atomic E-state index is 0.0943. The van der Waals surface area contributed by atoms with Crippen LogP contribution in [0.25, 0.3) is 0 Å². The molecular weight excluding hydrogens is 348 g/mol. The molecule has 0 aliphatic rings. The van der Waals surface area contributed by atoms with Crippen LogP contribution >= 0.6 is 27.5 Å². The first kappa shape index (κ1) is 16.3. The molecule has 4 heteroatoms. The normalized spacial score (nSPS) is 12.3. The second kappa shape index (κ2) is 6.82. The molecule has 0 saturated carbocycles. The average molecular weight is 368 g/mol. The molecule has 2 nitrogen and oxygen atoms in total. The molecule has 2 N–H and O–H groups in total. The van der Waals surface area contributed by atoms with E-state index in [0.29, 0.717) is 11.6 Å². The maximum absolute atomic E-state index is 6.21. The SMILES string of the molecule is Cc1cc(C)cc(N(C)C(CN)c2ccc(Br)c(Cl)c2)c1. The van der Waals surface area contributed by atoms with E-state index in [4.69, 9.17) is 17.3 Å². The first-order valence-corrected chi connectivity index (χ1v) is 8.05. The Morgan fingerprint density at radius 3 is 2.29 bits per heavy atom. The van der Waals surface area contributed by atoms with Gasteiger partial charge in [0.25, 0.3) is 0 Å². The maximum atomic E-state index is 6.21. The Balaban J connectivity index is 2.37. The van der Waals surface area contributed by atoms with Gasteiger partial charge in [-0.05, 0) is 70.7 Å². The quantitative estimate of drug-likeness (QED) is 0.836. The third-order valence-electron chi connectivity index (χ3n) is 3.63. The summed E-state index contributed by atoms with van der Waals surface area (Å²) >= 11 is 9.63. The number of benzene rings is 2. The first-order chi connectivity index (χ1) is 9.92. The lowest BCUT2D eigenvalue weighted by Crippen LogP contribution is -2.30. The predicted octanol–water partition coefficient (Wildman–Crippen LogP) is 4.86. The molecule has 0 aliphatic heterocycles. The minimum Gasteiger partial charge on any atom is -0.366 e. The Morgan fingerprint density at radius 1 is 1.14 bits per heavy atom. The van der Waals surface area contributed by atoms with Crippen molar-refractivity contribution in [1.29, 1.82) is 0 Å². The van der Waals surface area contributed by atoms with Gasteiger partial charge in [-0.15, -0.1) is 0 Å². The van der Waals surface area contributed by atoms with Gasteiger partial charge in [0, 0.05) is 23.8 Å². The molecule has 2 rings (SSSR count). The molecule has 0 saturated heterocycles. The highest BCUT2D eigenvalue weighted by Crippen LogP contribution is 2.30. The number of hydrogen-bond donors (Lipinski definition) is 1. The molecule has 2 aromatic rings. The number of likely N-dealkylation sites (N-methyl/N-ethyl adjacent to an activating group) is 1. The number of nitrogens with two attached hydrogens (primary N) is 1. The van der Waals surface area contributed by atoms with Gasteiger partial charge in [0.05, 0.1) is 11.1 Å². The lowest BCUT2D eigenvalue weighted by molar-refractivity contribution is 0.680. The van der Waals surface area contributed by atoms with Crippen molar-refractivity contribution >= 4 is 33.2 Å². The predicted molar refractivity (Wildman–Crippen MR) is 95.3 cm³/mol. The van der Waals surface area contributed by atoms with E-state index in [2.05, 4.69) is 66.0 Å². The van der Waals surface area contributed by atoms with Crippen molar-refractivity contribution in [3.8, 4) is 0 Å². The monoisotopic (exact) mass is 366 g/mol. The number of anilines is 1. The zero-order valence-electron chi connectivity index (χ0n) is 12.5. The van der Waals surface area contributed by atoms with E-state index >= 15 is 0 Å². The third-order valence-corrected chi connectivity index (χ3v) is 4.87. The van der Waals surface area contributed by atoms with Gasteiger partial charge in [0.15, 0.2) is 0 Å². The molecule has 0 bridgehead atoms. The lowest BCUT2D eigenvalue weighted by Gasteiger charge is -2.30. The number of rotatable bonds is 4. The fourth-order valence-corrected chi connectivity index (χ4v) is 3.01. The molecule has 0 amide bonds. The van der Waals surface area contributed by atoms with Crippen molar-refractivity contribution in [2.75, 3.05) is 18.5 Å². The highest BCUT2D eigenvalue weighted by Gasteiger charge is 2.17. The number of aryl methyl sites for hydroxylation is 2. The van der Waals surface area contributed by atoms with Crippen molar-refractivity contribution in [2.45, 2.75) is 19.9 Å². The topological polar surface area (TPSA) is 29.3 Å². The fraction of sp³-hybridized carbons (Fsp3) is 0.294. The van der Waals surface area contributed by atoms with Crippen LogP contribution in [0.1, 0.15) is 22.7 Å². The van der Waals surface area contributed by atoms with Gasteiger partial charge >= 0.3 is 0 Å². The van der Waals surface area contributed by atoms with E-state index < -0.39 is 0 Å². The van der Waals surface area contributed by atoms with Crippen LogP contribution in [0.4, 0.5) is 5.69 Å². The van der Waals surface area contributed by atoms with Crippen molar-refractivity contribution in [2.24, 2.45) is 5.73 Å². The Kier molecular flexibility index (Phi) is 5.31. The molecule has 0 heterocycles. The average Bonchev–Trinajstić information content (AvgIpc) is 2.42. The van der Waals surface area contributed by atoms with E-state index in [1.165, 1.54) is 16.8 Å². The summed E-state index contributed by atoms with van der Waals surface area (Å²) < 4.78 is 0.901. The van der Waals surface area contributed by atoms with Gasteiger partial charge < -0.3 is 10.6 Å². The Labute approximate surface area is 140 Å². The van der Waals surface area contributed by atoms with E-state index in [0.717, 1.165) is 10.0 Å². The Hall–Kier alpha value is -1.03. The van der Waals surface area contributed by atoms with Gasteiger partial charge in [0.2, 0.25) is 0 Å². The summed E-state index contributed by atoms with van der Waals surface area (Å²) in [5.41, 5.74) is 10.8. The second-order valence-electron chi connectivity index (χ2n) is 5.38. The maximum Gasteiger partial charge on any atom is 0.0662 e. The van der Waals surface area contributed by atoms with Crippen LogP contribution in [-0.2, 0) is 0 Å². The van der Waals surface area contributed by atoms with Gasteiger partial charge in [-0.2, -0.15) is 0 Å². The zero-order chi connectivity index (χ0) is 15.6. The second-order valence-corrected chi connectivity index (χ2v) is 6.64. The van der Waals surface area contributed by atoms with Crippen LogP contribution in [0.3, 0.4) is 0 Å². The van der Waals surface area contributed by atoms with Crippen LogP contribution in [0.2, 0.25) is 5.02 Å². The van der Waals surface area contributed by atoms with Crippen molar-refractivity contribution < 1.29 is 0 Å². The van der Waals surface area contributed by atoms with Gasteiger partial charge in [0.1, 0.15) is 0 Å². The molecule has 21 heavy (non-hydrogen) atoms. The molecule has 0 fully saturated rings. The Morgan fingerprint density at radius 2 is 1.76 bits per heavy atom. The summed E-state index contributed by atoms with van der Waals surface area (Å²) in [4.78, 5) is 2.21. The highest BCUT2D eigenvalue weighted by atomic mass is 79.9. The molecule has 1 unspecified atom stereocenters. The van der Waals surface area contributed by atoms with Crippen molar-refractivity contribution in [3.05, 3.63) is 62.6 Å². The molecule has 0 spiro atoms. The summed E-state index contributed by atoms with van der Waals surface area (Å²) in [5.74, 6) is 0. The third kappa shape index (κ3) is 3.79. The number of halogens is 2. The largest absolute Gasteiger partial charge is 0.366 e. The van der Waals surface area contributed by atoms with Crippen LogP contribution in [0.15, 0.2) is 40.9 Å². The smallest absolute Gasteiger partial charge is 0.0662 e. The van der Waals surface area contributed by atoms with E-state index in [9.17, 15) is 0 Å². The first-order valence-electron chi connectivity index (χ1n) is 6.88. The fourth-order valence-electron chi connectivity index (χ4n) is 2.57. The summed E-state index contributed by atoms with van der Waals surface area (Å²) in [5, 5.41) is 0.708. The van der Waals surface area contributed by atoms with Crippen LogP contribution in [0.5, 0.6) is 0 Å². The lowest BCUT2D eigenvalue weighted by atomic mass is 10.0. The summed E-state index contributed by atoms with van der Waals surface area (Å²) in [6.45, 7) is 4.75. The molecule has 2 aromatic carbocycles. The highest BCUT2D eigenvalue weighted by molar-refractivity contribution is 9.10. The van der Waals surface area contributed by atoms with Crippen LogP contribution in [-0.4, -0.2) is 13.6 Å². The summed E-state index contributed by atoms with van der Waals surface area (Å²) in [6, 6.07) is 12.6. The van der Waals surface area contributed by atoms with E-state index in [1.54, 1.807) is 0 Å². The van der Waals surface area contributed by atoms with E-state index in [-0.39, 0.29) is 6.04 Å². The van der Waals surface area contributed by atoms with Crippen LogP contribution in [0, 0.1) is 13.8 Å². The Bertz CT molecular complexity index is 622. The number of hydrogen-bond acceptors (Lipinski definition) is 2. The zero-order valence-corrected chi connectivity index (χ0v) is 14.9. The number of nitrogens with zero attached hydrogens (tertiary/aromatic N) is 1. The van der Waals surface area contributed by atoms with Gasteiger partial charge in [-0.25, -0.2) is 0 Å². The van der Waals surface area contributed by atoms with Crippen molar-refractivity contribution in [1.82, 2.24) is 0 Å². The van der Waals surface area contributed by atoms with Gasteiger partial charge in [-0.3, -0.25) is 0 Å². The molecular formula is C17H20BrClN2. The molecule has 0 aliphatic carbocycles. The minimum absolute atomic E-state index is 0.0943.